The first-order valence-electron chi connectivity index (χ1n) is 9.65. The van der Waals surface area contributed by atoms with Gasteiger partial charge in [-0.25, -0.2) is 9.18 Å². The predicted molar refractivity (Wildman–Crippen MR) is 99.8 cm³/mol. The lowest BCUT2D eigenvalue weighted by Gasteiger charge is -2.34. The quantitative estimate of drug-likeness (QED) is 0.874. The van der Waals surface area contributed by atoms with Gasteiger partial charge in [-0.05, 0) is 42.9 Å². The molecule has 2 saturated heterocycles. The van der Waals surface area contributed by atoms with Crippen molar-refractivity contribution in [3.05, 3.63) is 35.6 Å². The second-order valence-corrected chi connectivity index (χ2v) is 7.40. The van der Waals surface area contributed by atoms with E-state index in [0.29, 0.717) is 32.2 Å². The molecule has 27 heavy (non-hydrogen) atoms. The Morgan fingerprint density at radius 1 is 1.15 bits per heavy atom. The fourth-order valence-corrected chi connectivity index (χ4v) is 3.74. The summed E-state index contributed by atoms with van der Waals surface area (Å²) >= 11 is 0. The number of ether oxygens (including phenoxy) is 1. The molecule has 0 unspecified atom stereocenters. The van der Waals surface area contributed by atoms with Crippen LogP contribution in [0.2, 0.25) is 0 Å². The van der Waals surface area contributed by atoms with Gasteiger partial charge in [-0.3, -0.25) is 4.79 Å². The molecule has 3 amide bonds. The number of piperidine rings is 1. The van der Waals surface area contributed by atoms with Crippen molar-refractivity contribution in [1.82, 2.24) is 15.1 Å². The number of hydrogen-bond donors (Lipinski definition) is 1. The van der Waals surface area contributed by atoms with E-state index < -0.39 is 0 Å². The molecule has 0 bridgehead atoms. The second-order valence-electron chi connectivity index (χ2n) is 7.40. The Balaban J connectivity index is 1.38. The van der Waals surface area contributed by atoms with Gasteiger partial charge in [0.05, 0.1) is 12.7 Å². The van der Waals surface area contributed by atoms with Gasteiger partial charge in [-0.15, -0.1) is 0 Å². The summed E-state index contributed by atoms with van der Waals surface area (Å²) in [4.78, 5) is 27.5. The van der Waals surface area contributed by atoms with Gasteiger partial charge in [0.1, 0.15) is 5.82 Å². The largest absolute Gasteiger partial charge is 0.373 e. The summed E-state index contributed by atoms with van der Waals surface area (Å²) in [6.45, 7) is 5.06. The van der Waals surface area contributed by atoms with Gasteiger partial charge >= 0.3 is 6.03 Å². The summed E-state index contributed by atoms with van der Waals surface area (Å²) < 4.78 is 18.6. The molecule has 1 N–H and O–H groups in total. The smallest absolute Gasteiger partial charge is 0.317 e. The van der Waals surface area contributed by atoms with Crippen LogP contribution in [0, 0.1) is 11.7 Å². The number of hydrogen-bond acceptors (Lipinski definition) is 3. The van der Waals surface area contributed by atoms with Crippen molar-refractivity contribution >= 4 is 11.9 Å². The Kier molecular flexibility index (Phi) is 6.66. The van der Waals surface area contributed by atoms with E-state index in [-0.39, 0.29) is 23.9 Å². The maximum atomic E-state index is 13.0. The van der Waals surface area contributed by atoms with Gasteiger partial charge in [0.25, 0.3) is 0 Å². The number of benzene rings is 1. The number of morpholine rings is 1. The molecule has 0 aromatic heterocycles. The molecule has 0 aliphatic carbocycles. The summed E-state index contributed by atoms with van der Waals surface area (Å²) in [7, 11) is 0. The highest BCUT2D eigenvalue weighted by atomic mass is 19.1. The number of carbonyl (C=O) groups excluding carboxylic acids is 2. The Morgan fingerprint density at radius 3 is 2.52 bits per heavy atom. The van der Waals surface area contributed by atoms with Crippen molar-refractivity contribution in [2.75, 3.05) is 39.3 Å². The SMILES string of the molecule is CC(=O)N1CCO[C@@H](CNC(=O)N2CCC(Cc3ccc(F)cc3)CC2)C1. The van der Waals surface area contributed by atoms with Crippen LogP contribution in [0.25, 0.3) is 0 Å². The first-order chi connectivity index (χ1) is 13.0. The average Bonchev–Trinajstić information content (AvgIpc) is 2.68. The zero-order chi connectivity index (χ0) is 19.2. The summed E-state index contributed by atoms with van der Waals surface area (Å²) in [6.07, 6.45) is 2.67. The molecule has 148 valence electrons. The number of halogens is 1. The van der Waals surface area contributed by atoms with Gasteiger partial charge in [-0.2, -0.15) is 0 Å². The Morgan fingerprint density at radius 2 is 1.85 bits per heavy atom. The number of nitrogens with zero attached hydrogens (tertiary/aromatic N) is 2. The molecule has 6 nitrogen and oxygen atoms in total. The number of rotatable bonds is 4. The van der Waals surface area contributed by atoms with Crippen molar-refractivity contribution in [2.24, 2.45) is 5.92 Å². The second kappa shape index (κ2) is 9.17. The zero-order valence-corrected chi connectivity index (χ0v) is 15.8. The molecule has 3 rings (SSSR count). The first kappa shape index (κ1) is 19.6. The van der Waals surface area contributed by atoms with Crippen LogP contribution < -0.4 is 5.32 Å². The van der Waals surface area contributed by atoms with E-state index in [4.69, 9.17) is 4.74 Å². The summed E-state index contributed by atoms with van der Waals surface area (Å²) in [5.41, 5.74) is 1.14. The maximum Gasteiger partial charge on any atom is 0.317 e. The molecular formula is C20H28FN3O3. The van der Waals surface area contributed by atoms with Crippen LogP contribution in [0.4, 0.5) is 9.18 Å². The van der Waals surface area contributed by atoms with Gasteiger partial charge < -0.3 is 19.9 Å². The van der Waals surface area contributed by atoms with Crippen LogP contribution in [0.5, 0.6) is 0 Å². The lowest BCUT2D eigenvalue weighted by atomic mass is 9.90. The molecule has 0 spiro atoms. The topological polar surface area (TPSA) is 61.9 Å². The highest BCUT2D eigenvalue weighted by Gasteiger charge is 2.25. The highest BCUT2D eigenvalue weighted by Crippen LogP contribution is 2.22. The lowest BCUT2D eigenvalue weighted by molar-refractivity contribution is -0.136. The molecule has 1 atom stereocenters. The monoisotopic (exact) mass is 377 g/mol. The molecule has 0 radical (unpaired) electrons. The molecular weight excluding hydrogens is 349 g/mol. The predicted octanol–water partition coefficient (Wildman–Crippen LogP) is 2.04. The van der Waals surface area contributed by atoms with Crippen molar-refractivity contribution in [3.63, 3.8) is 0 Å². The van der Waals surface area contributed by atoms with E-state index in [1.165, 1.54) is 12.1 Å². The maximum absolute atomic E-state index is 13.0. The van der Waals surface area contributed by atoms with Crippen LogP contribution in [0.3, 0.4) is 0 Å². The molecule has 1 aromatic carbocycles. The van der Waals surface area contributed by atoms with Crippen LogP contribution >= 0.6 is 0 Å². The van der Waals surface area contributed by atoms with E-state index in [9.17, 15) is 14.0 Å². The average molecular weight is 377 g/mol. The zero-order valence-electron chi connectivity index (χ0n) is 15.8. The van der Waals surface area contributed by atoms with Crippen LogP contribution in [0.1, 0.15) is 25.3 Å². The number of amides is 3. The van der Waals surface area contributed by atoms with Crippen molar-refractivity contribution in [2.45, 2.75) is 32.3 Å². The van der Waals surface area contributed by atoms with E-state index in [1.54, 1.807) is 11.8 Å². The fraction of sp³-hybridized carbons (Fsp3) is 0.600. The third-order valence-electron chi connectivity index (χ3n) is 5.40. The Labute approximate surface area is 159 Å². The molecule has 2 aliphatic rings. The molecule has 2 heterocycles. The Bertz CT molecular complexity index is 644. The number of carbonyl (C=O) groups is 2. The lowest BCUT2D eigenvalue weighted by Crippen LogP contribution is -2.51. The highest BCUT2D eigenvalue weighted by molar-refractivity contribution is 5.74. The van der Waals surface area contributed by atoms with E-state index in [1.807, 2.05) is 17.0 Å². The van der Waals surface area contributed by atoms with Crippen molar-refractivity contribution < 1.29 is 18.7 Å². The number of urea groups is 1. The van der Waals surface area contributed by atoms with Gasteiger partial charge in [0, 0.05) is 39.6 Å². The van der Waals surface area contributed by atoms with Gasteiger partial charge in [0.15, 0.2) is 0 Å². The first-order valence-corrected chi connectivity index (χ1v) is 9.65. The van der Waals surface area contributed by atoms with Crippen LogP contribution in [-0.2, 0) is 16.0 Å². The molecule has 1 aromatic rings. The van der Waals surface area contributed by atoms with Crippen LogP contribution in [-0.4, -0.2) is 67.2 Å². The standard InChI is InChI=1S/C20H28FN3O3/c1-15(25)24-10-11-27-19(14-24)13-22-20(26)23-8-6-17(7-9-23)12-16-2-4-18(21)5-3-16/h2-5,17,19H,6-14H2,1H3,(H,22,26)/t19-/m0/s1. The summed E-state index contributed by atoms with van der Waals surface area (Å²) in [5, 5.41) is 2.93. The van der Waals surface area contributed by atoms with Crippen molar-refractivity contribution in [1.29, 1.82) is 0 Å². The number of nitrogens with one attached hydrogen (secondary N) is 1. The minimum Gasteiger partial charge on any atom is -0.373 e. The van der Waals surface area contributed by atoms with Gasteiger partial charge in [0.2, 0.25) is 5.91 Å². The fourth-order valence-electron chi connectivity index (χ4n) is 3.74. The third kappa shape index (κ3) is 5.66. The summed E-state index contributed by atoms with van der Waals surface area (Å²) in [6, 6.07) is 6.60. The Hall–Kier alpha value is -2.15. The molecule has 2 fully saturated rings. The molecule has 0 saturated carbocycles. The van der Waals surface area contributed by atoms with Crippen molar-refractivity contribution in [3.8, 4) is 0 Å². The van der Waals surface area contributed by atoms with E-state index >= 15 is 0 Å². The van der Waals surface area contributed by atoms with Gasteiger partial charge in [-0.1, -0.05) is 12.1 Å². The minimum absolute atomic E-state index is 0.0397. The van der Waals surface area contributed by atoms with E-state index in [0.717, 1.165) is 37.9 Å². The summed E-state index contributed by atoms with van der Waals surface area (Å²) in [5.74, 6) is 0.349. The molecule has 2 aliphatic heterocycles. The normalized spacial score (nSPS) is 21.2. The third-order valence-corrected chi connectivity index (χ3v) is 5.40. The number of likely N-dealkylation sites (tertiary alicyclic amines) is 1. The van der Waals surface area contributed by atoms with E-state index in [2.05, 4.69) is 5.32 Å². The minimum atomic E-state index is -0.210. The molecule has 7 heteroatoms. The van der Waals surface area contributed by atoms with Crippen LogP contribution in [0.15, 0.2) is 24.3 Å².